The van der Waals surface area contributed by atoms with Crippen molar-refractivity contribution in [2.75, 3.05) is 76.3 Å². The van der Waals surface area contributed by atoms with Gasteiger partial charge in [0.2, 0.25) is 15.9 Å². The average molecular weight is 614 g/mol. The summed E-state index contributed by atoms with van der Waals surface area (Å²) in [6.45, 7) is 4.68. The van der Waals surface area contributed by atoms with E-state index in [9.17, 15) is 34.8 Å². The molecule has 0 saturated carbocycles. The van der Waals surface area contributed by atoms with Crippen molar-refractivity contribution in [2.45, 2.75) is 24.4 Å². The van der Waals surface area contributed by atoms with Crippen molar-refractivity contribution in [1.82, 2.24) is 19.1 Å². The first-order valence-corrected chi connectivity index (χ1v) is 15.8. The van der Waals surface area contributed by atoms with E-state index in [4.69, 9.17) is 9.90 Å². The Bertz CT molecular complexity index is 1310. The predicted molar refractivity (Wildman–Crippen MR) is 139 cm³/mol. The van der Waals surface area contributed by atoms with Gasteiger partial charge in [-0.05, 0) is 50.9 Å². The zero-order valence-electron chi connectivity index (χ0n) is 22.5. The number of amides is 1. The highest BCUT2D eigenvalue weighted by Gasteiger charge is 2.41. The number of hydrogen-bond acceptors (Lipinski definition) is 9. The molecule has 3 saturated heterocycles. The summed E-state index contributed by atoms with van der Waals surface area (Å²) in [6.07, 6.45) is -2.86. The molecular formula is C23H34F3N5O7S2. The van der Waals surface area contributed by atoms with Gasteiger partial charge in [0.15, 0.2) is 9.84 Å². The molecule has 3 fully saturated rings. The SMILES string of the molecule is Cc1cc(N2CCC3CS(=O)(=O)CC3C2)ncc1S(=O)(=O)N1CCN(C(=O)CN(C)C)CC1.O=C(O)C(F)(F)F. The average Bonchev–Trinajstić information content (AvgIpc) is 3.16. The lowest BCUT2D eigenvalue weighted by Crippen LogP contribution is -2.52. The van der Waals surface area contributed by atoms with Gasteiger partial charge >= 0.3 is 12.1 Å². The van der Waals surface area contributed by atoms with Crippen LogP contribution in [0.5, 0.6) is 0 Å². The number of nitrogens with zero attached hydrogens (tertiary/aromatic N) is 5. The van der Waals surface area contributed by atoms with Crippen LogP contribution in [0.1, 0.15) is 12.0 Å². The summed E-state index contributed by atoms with van der Waals surface area (Å²) in [5, 5.41) is 7.12. The summed E-state index contributed by atoms with van der Waals surface area (Å²) in [6, 6.07) is 1.79. The van der Waals surface area contributed by atoms with Crippen molar-refractivity contribution in [3.8, 4) is 0 Å². The van der Waals surface area contributed by atoms with Crippen LogP contribution >= 0.6 is 0 Å². The number of aromatic nitrogens is 1. The predicted octanol–water partition coefficient (Wildman–Crippen LogP) is 0.289. The number of piperazine rings is 1. The number of carbonyl (C=O) groups is 2. The number of likely N-dealkylation sites (N-methyl/N-ethyl adjacent to an activating group) is 1. The van der Waals surface area contributed by atoms with E-state index in [1.807, 2.05) is 14.1 Å². The molecule has 0 bridgehead atoms. The lowest BCUT2D eigenvalue weighted by Gasteiger charge is -2.36. The Balaban J connectivity index is 0.000000559. The van der Waals surface area contributed by atoms with Crippen LogP contribution < -0.4 is 4.90 Å². The van der Waals surface area contributed by atoms with E-state index in [1.165, 1.54) is 10.5 Å². The molecule has 226 valence electrons. The zero-order chi connectivity index (χ0) is 30.0. The fraction of sp³-hybridized carbons (Fsp3) is 0.696. The fourth-order valence-electron chi connectivity index (χ4n) is 5.08. The summed E-state index contributed by atoms with van der Waals surface area (Å²) < 4.78 is 83.6. The smallest absolute Gasteiger partial charge is 0.475 e. The van der Waals surface area contributed by atoms with Gasteiger partial charge < -0.3 is 19.8 Å². The van der Waals surface area contributed by atoms with Crippen molar-refractivity contribution < 1.29 is 44.7 Å². The van der Waals surface area contributed by atoms with Crippen LogP contribution in [0.3, 0.4) is 0 Å². The fourth-order valence-corrected chi connectivity index (χ4v) is 8.91. The quantitative estimate of drug-likeness (QED) is 0.491. The monoisotopic (exact) mass is 613 g/mol. The largest absolute Gasteiger partial charge is 0.490 e. The minimum absolute atomic E-state index is 0.00178. The zero-order valence-corrected chi connectivity index (χ0v) is 24.1. The number of sulfonamides is 1. The number of piperidine rings is 1. The van der Waals surface area contributed by atoms with Crippen LogP contribution in [0.25, 0.3) is 0 Å². The number of alkyl halides is 3. The Morgan fingerprint density at radius 2 is 1.68 bits per heavy atom. The van der Waals surface area contributed by atoms with Crippen LogP contribution in [0.4, 0.5) is 19.0 Å². The molecule has 4 rings (SSSR count). The number of fused-ring (bicyclic) bond motifs is 1. The second-order valence-corrected chi connectivity index (χ2v) is 14.5. The molecule has 12 nitrogen and oxygen atoms in total. The van der Waals surface area contributed by atoms with Crippen molar-refractivity contribution >= 4 is 37.6 Å². The molecule has 0 aromatic carbocycles. The van der Waals surface area contributed by atoms with E-state index in [0.29, 0.717) is 37.6 Å². The standard InChI is InChI=1S/C21H33N5O5S2.C2HF3O2/c1-16-10-20(25-5-4-17-14-32(28,29)15-18(17)12-25)22-11-19(16)33(30,31)26-8-6-24(7-9-26)21(27)13-23(2)3;3-2(4,5)1(6)7/h10-11,17-18H,4-9,12-15H2,1-3H3;(H,6,7). The second kappa shape index (κ2) is 12.2. The lowest BCUT2D eigenvalue weighted by molar-refractivity contribution is -0.192. The molecule has 2 unspecified atom stereocenters. The number of aryl methyl sites for hydroxylation is 1. The van der Waals surface area contributed by atoms with Gasteiger partial charge in [-0.15, -0.1) is 0 Å². The summed E-state index contributed by atoms with van der Waals surface area (Å²) in [5.74, 6) is -1.24. The van der Waals surface area contributed by atoms with E-state index < -0.39 is 32.0 Å². The molecule has 3 aliphatic heterocycles. The summed E-state index contributed by atoms with van der Waals surface area (Å²) in [5.41, 5.74) is 0.618. The number of anilines is 1. The Hall–Kier alpha value is -2.50. The maximum Gasteiger partial charge on any atom is 0.490 e. The summed E-state index contributed by atoms with van der Waals surface area (Å²) in [7, 11) is -3.01. The number of pyridine rings is 1. The maximum absolute atomic E-state index is 13.3. The molecule has 0 radical (unpaired) electrons. The van der Waals surface area contributed by atoms with Gasteiger partial charge in [0.1, 0.15) is 10.7 Å². The van der Waals surface area contributed by atoms with Crippen molar-refractivity contribution in [3.63, 3.8) is 0 Å². The topological polar surface area (TPSA) is 148 Å². The maximum atomic E-state index is 13.3. The van der Waals surface area contributed by atoms with E-state index in [2.05, 4.69) is 9.88 Å². The molecule has 40 heavy (non-hydrogen) atoms. The molecule has 1 aromatic rings. The number of halogens is 3. The van der Waals surface area contributed by atoms with Crippen molar-refractivity contribution in [1.29, 1.82) is 0 Å². The Kier molecular flexibility index (Phi) is 9.74. The first kappa shape index (κ1) is 32.0. The van der Waals surface area contributed by atoms with Crippen LogP contribution in [-0.2, 0) is 29.4 Å². The normalized spacial score (nSPS) is 23.4. The third-order valence-corrected chi connectivity index (χ3v) is 11.0. The number of hydrogen-bond donors (Lipinski definition) is 1. The number of carboxylic acids is 1. The van der Waals surface area contributed by atoms with Gasteiger partial charge in [-0.3, -0.25) is 4.79 Å². The molecule has 1 N–H and O–H groups in total. The minimum Gasteiger partial charge on any atom is -0.475 e. The van der Waals surface area contributed by atoms with Crippen LogP contribution in [0.2, 0.25) is 0 Å². The van der Waals surface area contributed by atoms with Crippen LogP contribution in [0.15, 0.2) is 17.2 Å². The lowest BCUT2D eigenvalue weighted by atomic mass is 9.89. The molecule has 17 heteroatoms. The second-order valence-electron chi connectivity index (χ2n) is 10.5. The minimum atomic E-state index is -5.08. The summed E-state index contributed by atoms with van der Waals surface area (Å²) in [4.78, 5) is 31.3. The third kappa shape index (κ3) is 7.82. The van der Waals surface area contributed by atoms with E-state index >= 15 is 0 Å². The van der Waals surface area contributed by atoms with E-state index in [0.717, 1.165) is 13.0 Å². The molecule has 2 atom stereocenters. The number of rotatable bonds is 5. The number of sulfone groups is 1. The number of carbonyl (C=O) groups excluding carboxylic acids is 1. The molecular weight excluding hydrogens is 579 g/mol. The van der Waals surface area contributed by atoms with Crippen LogP contribution in [-0.4, -0.2) is 130 Å². The molecule has 0 aliphatic carbocycles. The molecule has 1 aromatic heterocycles. The van der Waals surface area contributed by atoms with Gasteiger partial charge in [0.05, 0.1) is 18.1 Å². The Labute approximate surface area is 231 Å². The molecule has 4 heterocycles. The van der Waals surface area contributed by atoms with Crippen molar-refractivity contribution in [2.24, 2.45) is 11.8 Å². The Morgan fingerprint density at radius 3 is 2.20 bits per heavy atom. The molecule has 3 aliphatic rings. The van der Waals surface area contributed by atoms with Gasteiger partial charge in [0, 0.05) is 45.5 Å². The first-order valence-electron chi connectivity index (χ1n) is 12.6. The Morgan fingerprint density at radius 1 is 1.10 bits per heavy atom. The highest BCUT2D eigenvalue weighted by molar-refractivity contribution is 7.91. The van der Waals surface area contributed by atoms with Gasteiger partial charge in [0.25, 0.3) is 0 Å². The highest BCUT2D eigenvalue weighted by atomic mass is 32.2. The van der Waals surface area contributed by atoms with Crippen LogP contribution in [0, 0.1) is 18.8 Å². The van der Waals surface area contributed by atoms with Gasteiger partial charge in [-0.1, -0.05) is 0 Å². The molecule has 1 amide bonds. The number of aliphatic carboxylic acids is 1. The van der Waals surface area contributed by atoms with Crippen molar-refractivity contribution in [3.05, 3.63) is 17.8 Å². The van der Waals surface area contributed by atoms with E-state index in [-0.39, 0.29) is 47.2 Å². The van der Waals surface area contributed by atoms with Gasteiger partial charge in [-0.25, -0.2) is 26.6 Å². The van der Waals surface area contributed by atoms with E-state index in [1.54, 1.807) is 22.8 Å². The third-order valence-electron chi connectivity index (χ3n) is 7.10. The van der Waals surface area contributed by atoms with Gasteiger partial charge in [-0.2, -0.15) is 17.5 Å². The highest BCUT2D eigenvalue weighted by Crippen LogP contribution is 2.35. The number of carboxylic acid groups (broad SMARTS) is 1. The summed E-state index contributed by atoms with van der Waals surface area (Å²) >= 11 is 0. The molecule has 0 spiro atoms. The first-order chi connectivity index (χ1) is 18.4.